The third kappa shape index (κ3) is 4.79. The van der Waals surface area contributed by atoms with Gasteiger partial charge in [-0.1, -0.05) is 25.1 Å². The third-order valence-electron chi connectivity index (χ3n) is 6.14. The van der Waals surface area contributed by atoms with E-state index in [4.69, 9.17) is 4.74 Å². The highest BCUT2D eigenvalue weighted by Crippen LogP contribution is 2.40. The maximum atomic E-state index is 13.3. The van der Waals surface area contributed by atoms with Gasteiger partial charge in [-0.2, -0.15) is 0 Å². The number of amides is 1. The Morgan fingerprint density at radius 2 is 1.89 bits per heavy atom. The molecule has 0 bridgehead atoms. The first-order valence-electron chi connectivity index (χ1n) is 11.9. The SMILES string of the molecule is CCCOc1ccc([C@H]2C(=C(O)c3c(C)nc4ccccn34)C(=O)C(=O)N2CCCN(C)C)cc1. The highest BCUT2D eigenvalue weighted by Gasteiger charge is 2.46. The number of hydrogen-bond donors (Lipinski definition) is 1. The Balaban J connectivity index is 1.82. The summed E-state index contributed by atoms with van der Waals surface area (Å²) in [7, 11) is 3.93. The van der Waals surface area contributed by atoms with Crippen LogP contribution in [-0.2, 0) is 9.59 Å². The Hall–Kier alpha value is -3.65. The molecule has 1 saturated heterocycles. The minimum Gasteiger partial charge on any atom is -0.505 e. The van der Waals surface area contributed by atoms with Crippen LogP contribution >= 0.6 is 0 Å². The molecule has 0 saturated carbocycles. The van der Waals surface area contributed by atoms with Gasteiger partial charge in [0.1, 0.15) is 17.1 Å². The van der Waals surface area contributed by atoms with E-state index in [1.54, 1.807) is 22.4 Å². The number of rotatable bonds is 9. The molecule has 3 heterocycles. The number of carbonyl (C=O) groups excluding carboxylic acids is 2. The fraction of sp³-hybridized carbons (Fsp3) is 0.370. The minimum absolute atomic E-state index is 0.0795. The number of aliphatic hydroxyl groups excluding tert-OH is 1. The second-order valence-electron chi connectivity index (χ2n) is 9.04. The summed E-state index contributed by atoms with van der Waals surface area (Å²) in [5.74, 6) is -0.786. The van der Waals surface area contributed by atoms with Gasteiger partial charge in [0.2, 0.25) is 0 Å². The molecule has 0 unspecified atom stereocenters. The monoisotopic (exact) mass is 476 g/mol. The molecule has 35 heavy (non-hydrogen) atoms. The van der Waals surface area contributed by atoms with Crippen LogP contribution in [0.5, 0.6) is 5.75 Å². The lowest BCUT2D eigenvalue weighted by molar-refractivity contribution is -0.139. The van der Waals surface area contributed by atoms with E-state index < -0.39 is 17.7 Å². The predicted octanol–water partition coefficient (Wildman–Crippen LogP) is 3.80. The van der Waals surface area contributed by atoms with E-state index in [9.17, 15) is 14.7 Å². The Kier molecular flexibility index (Phi) is 7.21. The Labute approximate surface area is 205 Å². The van der Waals surface area contributed by atoms with Gasteiger partial charge in [-0.15, -0.1) is 0 Å². The van der Waals surface area contributed by atoms with E-state index in [1.165, 1.54) is 0 Å². The number of Topliss-reactive ketones (excluding diaryl/α,β-unsaturated/α-hetero) is 1. The molecule has 0 radical (unpaired) electrons. The summed E-state index contributed by atoms with van der Waals surface area (Å²) in [6.07, 6.45) is 3.38. The number of likely N-dealkylation sites (tertiary alicyclic amines) is 1. The molecule has 4 rings (SSSR count). The van der Waals surface area contributed by atoms with Crippen LogP contribution in [0.2, 0.25) is 0 Å². The number of fused-ring (bicyclic) bond motifs is 1. The Morgan fingerprint density at radius 3 is 2.57 bits per heavy atom. The van der Waals surface area contributed by atoms with Gasteiger partial charge in [0.05, 0.1) is 23.9 Å². The predicted molar refractivity (Wildman–Crippen MR) is 134 cm³/mol. The molecule has 184 valence electrons. The van der Waals surface area contributed by atoms with Crippen LogP contribution < -0.4 is 4.74 Å². The van der Waals surface area contributed by atoms with Gasteiger partial charge in [0.15, 0.2) is 5.76 Å². The summed E-state index contributed by atoms with van der Waals surface area (Å²) < 4.78 is 7.44. The number of imidazole rings is 1. The number of aliphatic hydroxyl groups is 1. The van der Waals surface area contributed by atoms with Crippen molar-refractivity contribution in [1.29, 1.82) is 0 Å². The number of ketones is 1. The zero-order chi connectivity index (χ0) is 25.1. The quantitative estimate of drug-likeness (QED) is 0.287. The van der Waals surface area contributed by atoms with Gasteiger partial charge in [-0.25, -0.2) is 4.98 Å². The van der Waals surface area contributed by atoms with E-state index in [0.717, 1.165) is 24.3 Å². The number of pyridine rings is 1. The lowest BCUT2D eigenvalue weighted by atomic mass is 9.96. The summed E-state index contributed by atoms with van der Waals surface area (Å²) in [6.45, 7) is 5.59. The second kappa shape index (κ2) is 10.3. The minimum atomic E-state index is -0.703. The van der Waals surface area contributed by atoms with E-state index in [0.29, 0.717) is 36.6 Å². The van der Waals surface area contributed by atoms with Gasteiger partial charge >= 0.3 is 0 Å². The Morgan fingerprint density at radius 1 is 1.14 bits per heavy atom. The average molecular weight is 477 g/mol. The molecule has 0 spiro atoms. The normalized spacial score (nSPS) is 17.6. The topological polar surface area (TPSA) is 87.4 Å². The number of aryl methyl sites for hydroxylation is 1. The van der Waals surface area contributed by atoms with Crippen LogP contribution in [0, 0.1) is 6.92 Å². The summed E-state index contributed by atoms with van der Waals surface area (Å²) in [6, 6.07) is 12.2. The van der Waals surface area contributed by atoms with Crippen molar-refractivity contribution in [2.45, 2.75) is 32.7 Å². The molecule has 0 aliphatic carbocycles. The molecule has 1 aromatic carbocycles. The summed E-state index contributed by atoms with van der Waals surface area (Å²) in [5.41, 5.74) is 2.47. The molecule has 1 amide bonds. The first kappa shape index (κ1) is 24.5. The van der Waals surface area contributed by atoms with Crippen molar-refractivity contribution in [3.05, 3.63) is 71.2 Å². The van der Waals surface area contributed by atoms with E-state index in [1.807, 2.05) is 68.4 Å². The van der Waals surface area contributed by atoms with Crippen molar-refractivity contribution >= 4 is 23.1 Å². The molecule has 3 aromatic rings. The van der Waals surface area contributed by atoms with Crippen LogP contribution in [0.15, 0.2) is 54.2 Å². The fourth-order valence-electron chi connectivity index (χ4n) is 4.51. The van der Waals surface area contributed by atoms with Gasteiger partial charge in [0.25, 0.3) is 11.7 Å². The largest absolute Gasteiger partial charge is 0.505 e. The first-order valence-corrected chi connectivity index (χ1v) is 11.9. The lowest BCUT2D eigenvalue weighted by Crippen LogP contribution is -2.32. The van der Waals surface area contributed by atoms with E-state index in [-0.39, 0.29) is 11.3 Å². The van der Waals surface area contributed by atoms with Crippen LogP contribution in [-0.4, -0.2) is 69.8 Å². The Bertz CT molecular complexity index is 1260. The van der Waals surface area contributed by atoms with Gasteiger partial charge < -0.3 is 19.6 Å². The van der Waals surface area contributed by atoms with Gasteiger partial charge in [-0.3, -0.25) is 14.0 Å². The highest BCUT2D eigenvalue weighted by atomic mass is 16.5. The maximum absolute atomic E-state index is 13.3. The molecule has 8 nitrogen and oxygen atoms in total. The number of hydrogen-bond acceptors (Lipinski definition) is 6. The number of ether oxygens (including phenoxy) is 1. The number of carbonyl (C=O) groups is 2. The zero-order valence-corrected chi connectivity index (χ0v) is 20.7. The van der Waals surface area contributed by atoms with Crippen molar-refractivity contribution in [2.24, 2.45) is 0 Å². The van der Waals surface area contributed by atoms with Crippen molar-refractivity contribution in [3.63, 3.8) is 0 Å². The second-order valence-corrected chi connectivity index (χ2v) is 9.04. The summed E-state index contributed by atoms with van der Waals surface area (Å²) in [5, 5.41) is 11.5. The number of aromatic nitrogens is 2. The molecule has 1 N–H and O–H groups in total. The smallest absolute Gasteiger partial charge is 0.295 e. The standard InChI is InChI=1S/C27H32N4O4/c1-5-17-35-20-12-10-19(11-13-20)24-22(26(33)27(34)31(24)16-8-14-29(3)4)25(32)23-18(2)28-21-9-6-7-15-30(21)23/h6-7,9-13,15,24,32H,5,8,14,16-17H2,1-4H3/t24-/m0/s1. The highest BCUT2D eigenvalue weighted by molar-refractivity contribution is 6.46. The molecule has 2 aromatic heterocycles. The molecule has 1 fully saturated rings. The van der Waals surface area contributed by atoms with E-state index >= 15 is 0 Å². The maximum Gasteiger partial charge on any atom is 0.295 e. The number of benzene rings is 1. The third-order valence-corrected chi connectivity index (χ3v) is 6.14. The molecule has 1 atom stereocenters. The van der Waals surface area contributed by atoms with E-state index in [2.05, 4.69) is 4.98 Å². The van der Waals surface area contributed by atoms with Crippen molar-refractivity contribution in [3.8, 4) is 5.75 Å². The first-order chi connectivity index (χ1) is 16.8. The molecule has 1 aliphatic heterocycles. The molecule has 1 aliphatic rings. The summed E-state index contributed by atoms with van der Waals surface area (Å²) in [4.78, 5) is 34.6. The lowest BCUT2D eigenvalue weighted by Gasteiger charge is -2.26. The summed E-state index contributed by atoms with van der Waals surface area (Å²) >= 11 is 0. The fourth-order valence-corrected chi connectivity index (χ4v) is 4.51. The molecular formula is C27H32N4O4. The van der Waals surface area contributed by atoms with Crippen LogP contribution in [0.1, 0.15) is 42.8 Å². The van der Waals surface area contributed by atoms with Crippen molar-refractivity contribution in [2.75, 3.05) is 33.8 Å². The van der Waals surface area contributed by atoms with Crippen LogP contribution in [0.25, 0.3) is 11.4 Å². The average Bonchev–Trinajstić information content (AvgIpc) is 3.31. The van der Waals surface area contributed by atoms with Crippen molar-refractivity contribution < 1.29 is 19.4 Å². The van der Waals surface area contributed by atoms with Gasteiger partial charge in [0, 0.05) is 12.7 Å². The molecule has 8 heteroatoms. The number of nitrogens with zero attached hydrogens (tertiary/aromatic N) is 4. The van der Waals surface area contributed by atoms with Crippen LogP contribution in [0.3, 0.4) is 0 Å². The van der Waals surface area contributed by atoms with Gasteiger partial charge in [-0.05, 0) is 70.2 Å². The molecular weight excluding hydrogens is 444 g/mol. The zero-order valence-electron chi connectivity index (χ0n) is 20.7. The van der Waals surface area contributed by atoms with Crippen LogP contribution in [0.4, 0.5) is 0 Å². The van der Waals surface area contributed by atoms with Crippen molar-refractivity contribution in [1.82, 2.24) is 19.2 Å².